The minimum Gasteiger partial charge on any atom is -0.342 e. The number of para-hydroxylation sites is 1. The van der Waals surface area contributed by atoms with E-state index in [1.54, 1.807) is 4.57 Å². The molecule has 28 heavy (non-hydrogen) atoms. The Balaban J connectivity index is 1.79. The number of nitrogens with zero attached hydrogens (tertiary/aromatic N) is 3. The molecular formula is C22H31N3O2S. The number of fused-ring (bicyclic) bond motifs is 1. The van der Waals surface area contributed by atoms with Crippen LogP contribution in [0.4, 0.5) is 0 Å². The zero-order valence-electron chi connectivity index (χ0n) is 17.2. The van der Waals surface area contributed by atoms with E-state index in [-0.39, 0.29) is 11.5 Å². The molecule has 6 heteroatoms. The summed E-state index contributed by atoms with van der Waals surface area (Å²) < 4.78 is 1.75. The fraction of sp³-hybridized carbons (Fsp3) is 0.591. The van der Waals surface area contributed by atoms with Crippen molar-refractivity contribution in [3.8, 4) is 0 Å². The van der Waals surface area contributed by atoms with Gasteiger partial charge < -0.3 is 4.90 Å². The number of benzene rings is 1. The highest BCUT2D eigenvalue weighted by molar-refractivity contribution is 7.99. The molecule has 5 nitrogen and oxygen atoms in total. The lowest BCUT2D eigenvalue weighted by atomic mass is 9.94. The molecule has 1 aliphatic carbocycles. The van der Waals surface area contributed by atoms with E-state index in [2.05, 4.69) is 13.8 Å². The van der Waals surface area contributed by atoms with Crippen LogP contribution in [0.5, 0.6) is 0 Å². The van der Waals surface area contributed by atoms with Crippen molar-refractivity contribution in [3.63, 3.8) is 0 Å². The Morgan fingerprint density at radius 2 is 1.96 bits per heavy atom. The Bertz CT molecular complexity index is 872. The number of carbonyl (C=O) groups excluding carboxylic acids is 1. The Labute approximate surface area is 171 Å². The van der Waals surface area contributed by atoms with Crippen molar-refractivity contribution in [3.05, 3.63) is 34.6 Å². The minimum atomic E-state index is -0.0122. The largest absolute Gasteiger partial charge is 0.342 e. The molecule has 2 aromatic rings. The van der Waals surface area contributed by atoms with Gasteiger partial charge in [-0.3, -0.25) is 14.2 Å². The monoisotopic (exact) mass is 401 g/mol. The van der Waals surface area contributed by atoms with Gasteiger partial charge in [-0.25, -0.2) is 4.98 Å². The van der Waals surface area contributed by atoms with Gasteiger partial charge in [0.05, 0.1) is 16.7 Å². The molecule has 1 saturated carbocycles. The van der Waals surface area contributed by atoms with Crippen molar-refractivity contribution >= 4 is 28.6 Å². The molecule has 0 unspecified atom stereocenters. The summed E-state index contributed by atoms with van der Waals surface area (Å²) in [6.45, 7) is 4.92. The van der Waals surface area contributed by atoms with Crippen LogP contribution in [-0.2, 0) is 11.3 Å². The summed E-state index contributed by atoms with van der Waals surface area (Å²) in [4.78, 5) is 32.4. The second-order valence-corrected chi connectivity index (χ2v) is 9.08. The molecule has 1 fully saturated rings. The second kappa shape index (κ2) is 9.59. The molecule has 0 N–H and O–H groups in total. The SMILES string of the molecule is CC(C)CCn1c(SCC(=O)N(C)C2CCCCC2)nc2ccccc2c1=O. The maximum atomic E-state index is 13.0. The van der Waals surface area contributed by atoms with Crippen LogP contribution in [0, 0.1) is 5.92 Å². The molecule has 0 bridgehead atoms. The lowest BCUT2D eigenvalue weighted by Crippen LogP contribution is -2.39. The number of aromatic nitrogens is 2. The summed E-state index contributed by atoms with van der Waals surface area (Å²) in [5.41, 5.74) is 0.686. The molecule has 1 aliphatic rings. The molecule has 0 saturated heterocycles. The predicted octanol–water partition coefficient (Wildman–Crippen LogP) is 4.33. The van der Waals surface area contributed by atoms with Gasteiger partial charge in [-0.2, -0.15) is 0 Å². The number of rotatable bonds is 7. The van der Waals surface area contributed by atoms with Crippen LogP contribution in [-0.4, -0.2) is 39.2 Å². The fourth-order valence-corrected chi connectivity index (χ4v) is 4.69. The molecule has 1 aromatic carbocycles. The van der Waals surface area contributed by atoms with Crippen molar-refractivity contribution in [1.29, 1.82) is 0 Å². The first kappa shape index (κ1) is 20.9. The number of thioether (sulfide) groups is 1. The van der Waals surface area contributed by atoms with Crippen LogP contribution < -0.4 is 5.56 Å². The van der Waals surface area contributed by atoms with Crippen LogP contribution in [0.25, 0.3) is 10.9 Å². The average Bonchev–Trinajstić information content (AvgIpc) is 2.71. The van der Waals surface area contributed by atoms with Crippen LogP contribution in [0.3, 0.4) is 0 Å². The van der Waals surface area contributed by atoms with E-state index in [1.807, 2.05) is 36.2 Å². The highest BCUT2D eigenvalue weighted by atomic mass is 32.2. The molecular weight excluding hydrogens is 370 g/mol. The first-order chi connectivity index (χ1) is 13.5. The standard InChI is InChI=1S/C22H31N3O2S/c1-16(2)13-14-25-21(27)18-11-7-8-12-19(18)23-22(25)28-15-20(26)24(3)17-9-5-4-6-10-17/h7-8,11-12,16-17H,4-6,9-10,13-15H2,1-3H3. The smallest absolute Gasteiger partial charge is 0.262 e. The third-order valence-corrected chi connectivity index (χ3v) is 6.56. The molecule has 0 aliphatic heterocycles. The molecule has 1 amide bonds. The fourth-order valence-electron chi connectivity index (χ4n) is 3.74. The van der Waals surface area contributed by atoms with E-state index >= 15 is 0 Å². The summed E-state index contributed by atoms with van der Waals surface area (Å²) in [7, 11) is 1.92. The number of amides is 1. The quantitative estimate of drug-likeness (QED) is 0.512. The minimum absolute atomic E-state index is 0.0122. The Morgan fingerprint density at radius 1 is 1.25 bits per heavy atom. The van der Waals surface area contributed by atoms with E-state index < -0.39 is 0 Å². The Kier molecular flexibility index (Phi) is 7.16. The maximum Gasteiger partial charge on any atom is 0.262 e. The van der Waals surface area contributed by atoms with Crippen LogP contribution in [0.1, 0.15) is 52.4 Å². The molecule has 0 spiro atoms. The van der Waals surface area contributed by atoms with E-state index in [1.165, 1.54) is 31.0 Å². The van der Waals surface area contributed by atoms with E-state index in [0.29, 0.717) is 40.3 Å². The number of hydrogen-bond acceptors (Lipinski definition) is 4. The third kappa shape index (κ3) is 4.96. The molecule has 3 rings (SSSR count). The molecule has 1 heterocycles. The average molecular weight is 402 g/mol. The zero-order chi connectivity index (χ0) is 20.1. The predicted molar refractivity (Wildman–Crippen MR) is 116 cm³/mol. The van der Waals surface area contributed by atoms with E-state index in [0.717, 1.165) is 19.3 Å². The van der Waals surface area contributed by atoms with Gasteiger partial charge in [-0.1, -0.05) is 57.0 Å². The van der Waals surface area contributed by atoms with Crippen LogP contribution in [0.2, 0.25) is 0 Å². The van der Waals surface area contributed by atoms with Gasteiger partial charge in [-0.15, -0.1) is 0 Å². The summed E-state index contributed by atoms with van der Waals surface area (Å²) in [5, 5.41) is 1.29. The van der Waals surface area contributed by atoms with Crippen LogP contribution >= 0.6 is 11.8 Å². The molecule has 152 valence electrons. The molecule has 1 aromatic heterocycles. The molecule has 0 radical (unpaired) electrons. The highest BCUT2D eigenvalue weighted by Gasteiger charge is 2.22. The second-order valence-electron chi connectivity index (χ2n) is 8.14. The van der Waals surface area contributed by atoms with Gasteiger partial charge in [0.15, 0.2) is 5.16 Å². The zero-order valence-corrected chi connectivity index (χ0v) is 18.0. The van der Waals surface area contributed by atoms with E-state index in [4.69, 9.17) is 4.98 Å². The molecule has 0 atom stereocenters. The number of hydrogen-bond donors (Lipinski definition) is 0. The lowest BCUT2D eigenvalue weighted by Gasteiger charge is -2.31. The number of carbonyl (C=O) groups is 1. The van der Waals surface area contributed by atoms with Gasteiger partial charge >= 0.3 is 0 Å². The topological polar surface area (TPSA) is 55.2 Å². The van der Waals surface area contributed by atoms with Gasteiger partial charge in [0.1, 0.15) is 0 Å². The maximum absolute atomic E-state index is 13.0. The first-order valence-corrected chi connectivity index (χ1v) is 11.3. The third-order valence-electron chi connectivity index (χ3n) is 5.60. The van der Waals surface area contributed by atoms with Crippen LogP contribution in [0.15, 0.2) is 34.2 Å². The summed E-state index contributed by atoms with van der Waals surface area (Å²) in [6.07, 6.45) is 6.78. The van der Waals surface area contributed by atoms with Crippen molar-refractivity contribution < 1.29 is 4.79 Å². The van der Waals surface area contributed by atoms with Crippen molar-refractivity contribution in [2.45, 2.75) is 70.1 Å². The summed E-state index contributed by atoms with van der Waals surface area (Å²) in [5.74, 6) is 0.935. The van der Waals surface area contributed by atoms with E-state index in [9.17, 15) is 9.59 Å². The first-order valence-electron chi connectivity index (χ1n) is 10.4. The van der Waals surface area contributed by atoms with Gasteiger partial charge in [0.25, 0.3) is 5.56 Å². The Hall–Kier alpha value is -1.82. The lowest BCUT2D eigenvalue weighted by molar-refractivity contribution is -0.129. The van der Waals surface area contributed by atoms with Crippen molar-refractivity contribution in [2.24, 2.45) is 5.92 Å². The van der Waals surface area contributed by atoms with Crippen molar-refractivity contribution in [2.75, 3.05) is 12.8 Å². The van der Waals surface area contributed by atoms with Crippen molar-refractivity contribution in [1.82, 2.24) is 14.5 Å². The van der Waals surface area contributed by atoms with Gasteiger partial charge in [0.2, 0.25) is 5.91 Å². The van der Waals surface area contributed by atoms with Gasteiger partial charge in [0, 0.05) is 19.6 Å². The highest BCUT2D eigenvalue weighted by Crippen LogP contribution is 2.24. The normalized spacial score (nSPS) is 15.3. The Morgan fingerprint density at radius 3 is 2.68 bits per heavy atom. The summed E-state index contributed by atoms with van der Waals surface area (Å²) >= 11 is 1.39. The summed E-state index contributed by atoms with van der Waals surface area (Å²) in [6, 6.07) is 7.81. The van der Waals surface area contributed by atoms with Gasteiger partial charge in [-0.05, 0) is 37.3 Å².